The van der Waals surface area contributed by atoms with Gasteiger partial charge in [0.25, 0.3) is 10.0 Å². The Morgan fingerprint density at radius 3 is 2.59 bits per heavy atom. The van der Waals surface area contributed by atoms with Crippen LogP contribution in [0.15, 0.2) is 34.5 Å². The number of ether oxygens (including phenoxy) is 1. The summed E-state index contributed by atoms with van der Waals surface area (Å²) in [6.45, 7) is 1.67. The zero-order chi connectivity index (χ0) is 19.3. The van der Waals surface area contributed by atoms with Crippen molar-refractivity contribution in [1.29, 1.82) is 0 Å². The van der Waals surface area contributed by atoms with Gasteiger partial charge in [0.05, 0.1) is 17.7 Å². The molecule has 27 heavy (non-hydrogen) atoms. The molecule has 1 aliphatic heterocycles. The van der Waals surface area contributed by atoms with Crippen molar-refractivity contribution in [3.8, 4) is 5.75 Å². The third-order valence-electron chi connectivity index (χ3n) is 4.45. The van der Waals surface area contributed by atoms with Gasteiger partial charge in [-0.25, -0.2) is 13.4 Å². The molecular formula is C18H23N3O4S2. The van der Waals surface area contributed by atoms with E-state index < -0.39 is 10.0 Å². The third kappa shape index (κ3) is 5.20. The highest BCUT2D eigenvalue weighted by Gasteiger charge is 2.18. The van der Waals surface area contributed by atoms with Gasteiger partial charge in [0, 0.05) is 24.9 Å². The first-order valence-corrected chi connectivity index (χ1v) is 11.2. The van der Waals surface area contributed by atoms with Gasteiger partial charge < -0.3 is 9.64 Å². The quantitative estimate of drug-likeness (QED) is 0.760. The van der Waals surface area contributed by atoms with Gasteiger partial charge in [-0.2, -0.15) is 0 Å². The average Bonchev–Trinajstić information content (AvgIpc) is 3.13. The molecule has 1 aromatic carbocycles. The van der Waals surface area contributed by atoms with Crippen LogP contribution < -0.4 is 9.46 Å². The maximum Gasteiger partial charge on any atom is 0.263 e. The number of thiazole rings is 1. The minimum absolute atomic E-state index is 0.139. The lowest BCUT2D eigenvalue weighted by atomic mass is 10.1. The van der Waals surface area contributed by atoms with Crippen molar-refractivity contribution in [2.45, 2.75) is 37.0 Å². The Morgan fingerprint density at radius 2 is 1.93 bits per heavy atom. The minimum atomic E-state index is -3.71. The molecule has 0 unspecified atom stereocenters. The van der Waals surface area contributed by atoms with E-state index in [1.165, 1.54) is 37.0 Å². The summed E-state index contributed by atoms with van der Waals surface area (Å²) >= 11 is 1.22. The predicted molar refractivity (Wildman–Crippen MR) is 105 cm³/mol. The van der Waals surface area contributed by atoms with Gasteiger partial charge >= 0.3 is 0 Å². The van der Waals surface area contributed by atoms with Crippen LogP contribution in [0.5, 0.6) is 5.75 Å². The van der Waals surface area contributed by atoms with Gasteiger partial charge in [-0.3, -0.25) is 9.52 Å². The Balaban J connectivity index is 1.57. The number of likely N-dealkylation sites (tertiary alicyclic amines) is 1. The average molecular weight is 410 g/mol. The van der Waals surface area contributed by atoms with Crippen LogP contribution >= 0.6 is 11.3 Å². The molecule has 2 aromatic rings. The number of aromatic nitrogens is 1. The van der Waals surface area contributed by atoms with E-state index in [9.17, 15) is 13.2 Å². The first-order chi connectivity index (χ1) is 13.0. The summed E-state index contributed by atoms with van der Waals surface area (Å²) in [5.41, 5.74) is 0.720. The number of methoxy groups -OCH3 is 1. The van der Waals surface area contributed by atoms with Crippen molar-refractivity contribution in [2.24, 2.45) is 0 Å². The van der Waals surface area contributed by atoms with Crippen molar-refractivity contribution in [3.63, 3.8) is 0 Å². The van der Waals surface area contributed by atoms with E-state index in [1.54, 1.807) is 17.5 Å². The number of carbonyl (C=O) groups excluding carboxylic acids is 1. The van der Waals surface area contributed by atoms with Gasteiger partial charge in [0.15, 0.2) is 5.13 Å². The molecule has 0 radical (unpaired) electrons. The van der Waals surface area contributed by atoms with Crippen LogP contribution in [0.2, 0.25) is 0 Å². The lowest BCUT2D eigenvalue weighted by molar-refractivity contribution is -0.132. The zero-order valence-corrected chi connectivity index (χ0v) is 16.8. The van der Waals surface area contributed by atoms with Crippen LogP contribution in [0.3, 0.4) is 0 Å². The zero-order valence-electron chi connectivity index (χ0n) is 15.2. The Hall–Kier alpha value is -2.13. The van der Waals surface area contributed by atoms with Crippen molar-refractivity contribution < 1.29 is 17.9 Å². The smallest absolute Gasteiger partial charge is 0.263 e. The first kappa shape index (κ1) is 19.6. The Bertz CT molecular complexity index is 872. The summed E-state index contributed by atoms with van der Waals surface area (Å²) in [4.78, 5) is 18.6. The standard InChI is InChI=1S/C18H23N3O4S2/c1-25-15-6-8-16(9-7-15)27(23,24)20-18-19-14(13-26-18)5-10-17(22)21-11-3-2-4-12-21/h6-9,13H,2-5,10-12H2,1H3,(H,19,20). The second-order valence-electron chi connectivity index (χ2n) is 6.37. The van der Waals surface area contributed by atoms with Gasteiger partial charge in [-0.05, 0) is 49.9 Å². The van der Waals surface area contributed by atoms with E-state index >= 15 is 0 Å². The molecule has 1 N–H and O–H groups in total. The summed E-state index contributed by atoms with van der Waals surface area (Å²) < 4.78 is 32.4. The molecule has 1 fully saturated rings. The number of aryl methyl sites for hydroxylation is 1. The lowest BCUT2D eigenvalue weighted by Crippen LogP contribution is -2.35. The molecular weight excluding hydrogens is 386 g/mol. The molecule has 9 heteroatoms. The van der Waals surface area contributed by atoms with Crippen LogP contribution in [-0.4, -0.2) is 44.4 Å². The first-order valence-electron chi connectivity index (χ1n) is 8.87. The highest BCUT2D eigenvalue weighted by Crippen LogP contribution is 2.22. The molecule has 3 rings (SSSR count). The molecule has 1 saturated heterocycles. The number of amides is 1. The SMILES string of the molecule is COc1ccc(S(=O)(=O)Nc2nc(CCC(=O)N3CCCCC3)cs2)cc1. The summed E-state index contributed by atoms with van der Waals surface area (Å²) in [5.74, 6) is 0.729. The van der Waals surface area contributed by atoms with Crippen LogP contribution in [0.4, 0.5) is 5.13 Å². The number of rotatable bonds is 7. The molecule has 0 atom stereocenters. The number of anilines is 1. The Morgan fingerprint density at radius 1 is 1.22 bits per heavy atom. The maximum atomic E-state index is 12.4. The fourth-order valence-electron chi connectivity index (χ4n) is 2.93. The lowest BCUT2D eigenvalue weighted by Gasteiger charge is -2.26. The second kappa shape index (κ2) is 8.71. The minimum Gasteiger partial charge on any atom is -0.497 e. The second-order valence-corrected chi connectivity index (χ2v) is 8.91. The number of benzene rings is 1. The molecule has 1 amide bonds. The molecule has 0 aliphatic carbocycles. The number of sulfonamides is 1. The summed E-state index contributed by atoms with van der Waals surface area (Å²) in [7, 11) is -2.18. The van der Waals surface area contributed by atoms with Crippen molar-refractivity contribution >= 4 is 32.4 Å². The van der Waals surface area contributed by atoms with Crippen molar-refractivity contribution in [1.82, 2.24) is 9.88 Å². The van der Waals surface area contributed by atoms with E-state index in [0.717, 1.165) is 31.6 Å². The molecule has 2 heterocycles. The molecule has 1 aromatic heterocycles. The molecule has 1 aliphatic rings. The van der Waals surface area contributed by atoms with Crippen LogP contribution in [0, 0.1) is 0 Å². The normalized spacial score (nSPS) is 14.8. The molecule has 0 bridgehead atoms. The van der Waals surface area contributed by atoms with E-state index in [1.807, 2.05) is 4.90 Å². The predicted octanol–water partition coefficient (Wildman–Crippen LogP) is 2.90. The van der Waals surface area contributed by atoms with E-state index in [0.29, 0.717) is 23.7 Å². The molecule has 0 saturated carbocycles. The summed E-state index contributed by atoms with van der Waals surface area (Å²) in [6.07, 6.45) is 4.23. The fourth-order valence-corrected chi connectivity index (χ4v) is 4.93. The highest BCUT2D eigenvalue weighted by atomic mass is 32.2. The Kier molecular flexibility index (Phi) is 6.33. The van der Waals surface area contributed by atoms with Crippen LogP contribution in [0.1, 0.15) is 31.4 Å². The van der Waals surface area contributed by atoms with Crippen molar-refractivity contribution in [2.75, 3.05) is 24.9 Å². The number of nitrogens with one attached hydrogen (secondary N) is 1. The summed E-state index contributed by atoms with van der Waals surface area (Å²) in [6, 6.07) is 6.14. The van der Waals surface area contributed by atoms with Gasteiger partial charge in [-0.1, -0.05) is 0 Å². The molecule has 0 spiro atoms. The van der Waals surface area contributed by atoms with Crippen LogP contribution in [-0.2, 0) is 21.2 Å². The third-order valence-corrected chi connectivity index (χ3v) is 6.74. The number of nitrogens with zero attached hydrogens (tertiary/aromatic N) is 2. The maximum absolute atomic E-state index is 12.4. The Labute approximate surface area is 163 Å². The number of hydrogen-bond acceptors (Lipinski definition) is 6. The van der Waals surface area contributed by atoms with E-state index in [4.69, 9.17) is 4.74 Å². The highest BCUT2D eigenvalue weighted by molar-refractivity contribution is 7.93. The number of piperidine rings is 1. The van der Waals surface area contributed by atoms with E-state index in [2.05, 4.69) is 9.71 Å². The largest absolute Gasteiger partial charge is 0.497 e. The van der Waals surface area contributed by atoms with Gasteiger partial charge in [-0.15, -0.1) is 11.3 Å². The monoisotopic (exact) mass is 409 g/mol. The topological polar surface area (TPSA) is 88.6 Å². The van der Waals surface area contributed by atoms with Crippen LogP contribution in [0.25, 0.3) is 0 Å². The van der Waals surface area contributed by atoms with Gasteiger partial charge in [0.1, 0.15) is 5.75 Å². The van der Waals surface area contributed by atoms with E-state index in [-0.39, 0.29) is 10.8 Å². The number of hydrogen-bond donors (Lipinski definition) is 1. The van der Waals surface area contributed by atoms with Gasteiger partial charge in [0.2, 0.25) is 5.91 Å². The number of carbonyl (C=O) groups is 1. The molecule has 146 valence electrons. The fraction of sp³-hybridized carbons (Fsp3) is 0.444. The van der Waals surface area contributed by atoms with Crippen molar-refractivity contribution in [3.05, 3.63) is 35.3 Å². The summed E-state index contributed by atoms with van der Waals surface area (Å²) in [5, 5.41) is 2.08. The molecule has 7 nitrogen and oxygen atoms in total.